The van der Waals surface area contributed by atoms with Crippen molar-refractivity contribution in [2.75, 3.05) is 0 Å². The molecule has 1 aromatic rings. The second-order valence-corrected chi connectivity index (χ2v) is 3.48. The summed E-state index contributed by atoms with van der Waals surface area (Å²) in [5.74, 6) is -1.51. The molecule has 0 radical (unpaired) electrons. The van der Waals surface area contributed by atoms with Crippen LogP contribution in [0.2, 0.25) is 0 Å². The van der Waals surface area contributed by atoms with Crippen molar-refractivity contribution < 1.29 is 14.7 Å². The summed E-state index contributed by atoms with van der Waals surface area (Å²) in [6, 6.07) is 4.76. The van der Waals surface area contributed by atoms with Gasteiger partial charge in [-0.25, -0.2) is 0 Å². The molecule has 0 fully saturated rings. The fraction of sp³-hybridized carbons (Fsp3) is 0.200. The molecule has 0 aliphatic carbocycles. The van der Waals surface area contributed by atoms with E-state index < -0.39 is 11.9 Å². The molecule has 14 heavy (non-hydrogen) atoms. The predicted molar refractivity (Wildman–Crippen MR) is 55.1 cm³/mol. The Morgan fingerprint density at radius 3 is 2.64 bits per heavy atom. The molecular weight excluding hydrogens is 200 g/mol. The van der Waals surface area contributed by atoms with Crippen LogP contribution in [-0.2, 0) is 4.79 Å². The molecule has 74 valence electrons. The molecule has 3 nitrogen and oxygen atoms in total. The van der Waals surface area contributed by atoms with E-state index in [-0.39, 0.29) is 0 Å². The highest BCUT2D eigenvalue weighted by Gasteiger charge is 2.16. The van der Waals surface area contributed by atoms with Gasteiger partial charge in [0.15, 0.2) is 0 Å². The van der Waals surface area contributed by atoms with E-state index in [4.69, 9.17) is 5.11 Å². The third-order valence-corrected chi connectivity index (χ3v) is 2.41. The summed E-state index contributed by atoms with van der Waals surface area (Å²) in [6.07, 6.45) is 0.703. The zero-order chi connectivity index (χ0) is 10.7. The minimum absolute atomic E-state index is 0.497. The second kappa shape index (κ2) is 4.28. The molecule has 0 aliphatic rings. The molecular formula is C10H10O3S. The lowest BCUT2D eigenvalue weighted by Crippen LogP contribution is -2.08. The Hall–Kier alpha value is -1.29. The Balaban J connectivity index is 3.11. The number of carboxylic acids is 1. The second-order valence-electron chi connectivity index (χ2n) is 3.00. The molecule has 0 bridgehead atoms. The first-order valence-electron chi connectivity index (χ1n) is 4.07. The lowest BCUT2D eigenvalue weighted by molar-refractivity contribution is -0.138. The van der Waals surface area contributed by atoms with Gasteiger partial charge in [-0.3, -0.25) is 9.59 Å². The molecule has 1 N–H and O–H groups in total. The standard InChI is InChI=1S/C10H10O3S/c1-6(10(12)13)8-3-2-7(5-11)4-9(8)14/h2-6,14H,1H3,(H,12,13). The zero-order valence-electron chi connectivity index (χ0n) is 7.60. The molecule has 0 aliphatic heterocycles. The third-order valence-electron chi connectivity index (χ3n) is 2.03. The van der Waals surface area contributed by atoms with E-state index >= 15 is 0 Å². The van der Waals surface area contributed by atoms with Gasteiger partial charge in [0.1, 0.15) is 6.29 Å². The SMILES string of the molecule is CC(C(=O)O)c1ccc(C=O)cc1S. The Bertz CT molecular complexity index is 374. The quantitative estimate of drug-likeness (QED) is 0.592. The summed E-state index contributed by atoms with van der Waals surface area (Å²) in [4.78, 5) is 21.7. The van der Waals surface area contributed by atoms with Gasteiger partial charge in [-0.05, 0) is 18.6 Å². The summed E-state index contributed by atoms with van der Waals surface area (Å²) < 4.78 is 0. The maximum absolute atomic E-state index is 10.7. The Morgan fingerprint density at radius 2 is 2.21 bits per heavy atom. The lowest BCUT2D eigenvalue weighted by Gasteiger charge is -2.09. The van der Waals surface area contributed by atoms with Crippen LogP contribution in [0.1, 0.15) is 28.8 Å². The number of hydrogen-bond acceptors (Lipinski definition) is 3. The maximum Gasteiger partial charge on any atom is 0.310 e. The average Bonchev–Trinajstić information content (AvgIpc) is 2.16. The molecule has 1 unspecified atom stereocenters. The topological polar surface area (TPSA) is 54.4 Å². The number of aldehydes is 1. The van der Waals surface area contributed by atoms with Crippen molar-refractivity contribution in [3.8, 4) is 0 Å². The maximum atomic E-state index is 10.7. The van der Waals surface area contributed by atoms with Gasteiger partial charge in [-0.15, -0.1) is 12.6 Å². The van der Waals surface area contributed by atoms with Crippen LogP contribution in [0.5, 0.6) is 0 Å². The lowest BCUT2D eigenvalue weighted by atomic mass is 10.0. The molecule has 4 heteroatoms. The summed E-state index contributed by atoms with van der Waals surface area (Å²) >= 11 is 4.13. The molecule has 1 rings (SSSR count). The van der Waals surface area contributed by atoms with Crippen LogP contribution in [0.4, 0.5) is 0 Å². The van der Waals surface area contributed by atoms with Crippen molar-refractivity contribution in [3.63, 3.8) is 0 Å². The number of thiol groups is 1. The van der Waals surface area contributed by atoms with E-state index in [1.807, 2.05) is 0 Å². The van der Waals surface area contributed by atoms with Crippen molar-refractivity contribution in [2.24, 2.45) is 0 Å². The van der Waals surface area contributed by atoms with Crippen molar-refractivity contribution in [3.05, 3.63) is 29.3 Å². The fourth-order valence-corrected chi connectivity index (χ4v) is 1.55. The summed E-state index contributed by atoms with van der Waals surface area (Å²) in [5, 5.41) is 8.78. The largest absolute Gasteiger partial charge is 0.481 e. The predicted octanol–water partition coefficient (Wildman–Crippen LogP) is 1.98. The number of carbonyl (C=O) groups is 2. The zero-order valence-corrected chi connectivity index (χ0v) is 8.49. The number of hydrogen-bond donors (Lipinski definition) is 2. The van der Waals surface area contributed by atoms with Crippen LogP contribution in [0.25, 0.3) is 0 Å². The first-order chi connectivity index (χ1) is 6.56. The summed E-state index contributed by atoms with van der Waals surface area (Å²) in [5.41, 5.74) is 1.11. The van der Waals surface area contributed by atoms with E-state index in [0.29, 0.717) is 22.3 Å². The van der Waals surface area contributed by atoms with E-state index in [2.05, 4.69) is 12.6 Å². The summed E-state index contributed by atoms with van der Waals surface area (Å²) in [6.45, 7) is 1.58. The molecule has 0 amide bonds. The van der Waals surface area contributed by atoms with Crippen LogP contribution in [-0.4, -0.2) is 17.4 Å². The smallest absolute Gasteiger partial charge is 0.310 e. The van der Waals surface area contributed by atoms with Gasteiger partial charge in [0, 0.05) is 10.5 Å². The van der Waals surface area contributed by atoms with Gasteiger partial charge in [-0.1, -0.05) is 12.1 Å². The Labute approximate surface area is 87.2 Å². The number of rotatable bonds is 3. The molecule has 0 heterocycles. The fourth-order valence-electron chi connectivity index (χ4n) is 1.13. The van der Waals surface area contributed by atoms with Crippen LogP contribution in [0.3, 0.4) is 0 Å². The van der Waals surface area contributed by atoms with Crippen LogP contribution in [0, 0.1) is 0 Å². The molecule has 0 aromatic heterocycles. The first-order valence-corrected chi connectivity index (χ1v) is 4.52. The number of aliphatic carboxylic acids is 1. The molecule has 1 atom stereocenters. The van der Waals surface area contributed by atoms with Gasteiger partial charge < -0.3 is 5.11 Å². The van der Waals surface area contributed by atoms with Crippen molar-refractivity contribution in [1.29, 1.82) is 0 Å². The highest BCUT2D eigenvalue weighted by Crippen LogP contribution is 2.23. The van der Waals surface area contributed by atoms with Crippen LogP contribution < -0.4 is 0 Å². The third kappa shape index (κ3) is 2.14. The Morgan fingerprint density at radius 1 is 1.57 bits per heavy atom. The number of carboxylic acid groups (broad SMARTS) is 1. The molecule has 0 saturated heterocycles. The summed E-state index contributed by atoms with van der Waals surface area (Å²) in [7, 11) is 0. The average molecular weight is 210 g/mol. The highest BCUT2D eigenvalue weighted by molar-refractivity contribution is 7.80. The van der Waals surface area contributed by atoms with Gasteiger partial charge >= 0.3 is 5.97 Å². The molecule has 0 saturated carbocycles. The van der Waals surface area contributed by atoms with Crippen LogP contribution >= 0.6 is 12.6 Å². The van der Waals surface area contributed by atoms with E-state index in [0.717, 1.165) is 0 Å². The Kier molecular flexibility index (Phi) is 3.30. The van der Waals surface area contributed by atoms with Crippen molar-refractivity contribution in [1.82, 2.24) is 0 Å². The number of benzene rings is 1. The number of carbonyl (C=O) groups excluding carboxylic acids is 1. The van der Waals surface area contributed by atoms with E-state index in [1.165, 1.54) is 0 Å². The normalized spacial score (nSPS) is 12.1. The highest BCUT2D eigenvalue weighted by atomic mass is 32.1. The van der Waals surface area contributed by atoms with Gasteiger partial charge in [0.25, 0.3) is 0 Å². The van der Waals surface area contributed by atoms with Gasteiger partial charge in [-0.2, -0.15) is 0 Å². The molecule has 1 aromatic carbocycles. The van der Waals surface area contributed by atoms with E-state index in [9.17, 15) is 9.59 Å². The van der Waals surface area contributed by atoms with Crippen molar-refractivity contribution >= 4 is 24.9 Å². The van der Waals surface area contributed by atoms with E-state index in [1.54, 1.807) is 25.1 Å². The first kappa shape index (κ1) is 10.8. The van der Waals surface area contributed by atoms with Crippen molar-refractivity contribution in [2.45, 2.75) is 17.7 Å². The molecule has 0 spiro atoms. The van der Waals surface area contributed by atoms with Crippen LogP contribution in [0.15, 0.2) is 23.1 Å². The van der Waals surface area contributed by atoms with Gasteiger partial charge in [0.05, 0.1) is 5.92 Å². The minimum Gasteiger partial charge on any atom is -0.481 e. The monoisotopic (exact) mass is 210 g/mol. The van der Waals surface area contributed by atoms with Gasteiger partial charge in [0.2, 0.25) is 0 Å². The minimum atomic E-state index is -0.904.